The van der Waals surface area contributed by atoms with Crippen LogP contribution in [0.1, 0.15) is 49.9 Å². The molecule has 0 saturated heterocycles. The minimum absolute atomic E-state index is 0.543. The molecule has 3 nitrogen and oxygen atoms in total. The molecule has 0 fully saturated rings. The zero-order valence-electron chi connectivity index (χ0n) is 16.5. The largest absolute Gasteiger partial charge is 0.490 e. The highest BCUT2D eigenvalue weighted by molar-refractivity contribution is 5.49. The van der Waals surface area contributed by atoms with Crippen molar-refractivity contribution in [1.82, 2.24) is 0 Å². The molecule has 3 heteroatoms. The number of likely N-dealkylation sites (N-methyl/N-ethyl adjacent to an activating group) is 1. The maximum absolute atomic E-state index is 6.15. The molecule has 2 atom stereocenters. The highest BCUT2D eigenvalue weighted by atomic mass is 16.5. The average molecular weight is 355 g/mol. The molecule has 1 heterocycles. The molecular weight excluding hydrogens is 322 g/mol. The van der Waals surface area contributed by atoms with E-state index in [2.05, 4.69) is 45.2 Å². The van der Waals surface area contributed by atoms with E-state index in [0.29, 0.717) is 25.2 Å². The first-order chi connectivity index (χ1) is 12.6. The molecule has 0 amide bonds. The van der Waals surface area contributed by atoms with E-state index < -0.39 is 0 Å². The molecule has 0 spiro atoms. The molecule has 2 aromatic rings. The van der Waals surface area contributed by atoms with E-state index in [1.807, 2.05) is 25.1 Å². The molecule has 0 aromatic heterocycles. The van der Waals surface area contributed by atoms with Gasteiger partial charge in [0.15, 0.2) is 11.5 Å². The Bertz CT molecular complexity index is 712. The SMILES string of the molecule is CCOc1cc2c(cc1OCc1ccccc1)CC[NH+](C)[C@H]2CC(C)C. The van der Waals surface area contributed by atoms with Crippen LogP contribution in [-0.2, 0) is 13.0 Å². The quantitative estimate of drug-likeness (QED) is 0.817. The van der Waals surface area contributed by atoms with Crippen LogP contribution < -0.4 is 14.4 Å². The fourth-order valence-corrected chi connectivity index (χ4v) is 3.85. The van der Waals surface area contributed by atoms with Crippen molar-refractivity contribution in [3.8, 4) is 11.5 Å². The van der Waals surface area contributed by atoms with Gasteiger partial charge in [-0.25, -0.2) is 0 Å². The van der Waals surface area contributed by atoms with Crippen molar-refractivity contribution in [2.24, 2.45) is 5.92 Å². The predicted molar refractivity (Wildman–Crippen MR) is 106 cm³/mol. The molecule has 1 N–H and O–H groups in total. The smallest absolute Gasteiger partial charge is 0.161 e. The summed E-state index contributed by atoms with van der Waals surface area (Å²) in [5.41, 5.74) is 4.04. The van der Waals surface area contributed by atoms with Crippen LogP contribution in [0, 0.1) is 5.92 Å². The Labute approximate surface area is 157 Å². The number of hydrogen-bond donors (Lipinski definition) is 1. The molecule has 3 rings (SSSR count). The minimum Gasteiger partial charge on any atom is -0.490 e. The Morgan fingerprint density at radius 3 is 2.50 bits per heavy atom. The topological polar surface area (TPSA) is 22.9 Å². The van der Waals surface area contributed by atoms with E-state index in [4.69, 9.17) is 9.47 Å². The molecule has 0 radical (unpaired) electrons. The molecular formula is C23H32NO2+. The number of ether oxygens (including phenoxy) is 2. The second kappa shape index (κ2) is 8.59. The molecule has 140 valence electrons. The Hall–Kier alpha value is -2.00. The fraction of sp³-hybridized carbons (Fsp3) is 0.478. The predicted octanol–water partition coefficient (Wildman–Crippen LogP) is 3.82. The number of hydrogen-bond acceptors (Lipinski definition) is 2. The summed E-state index contributed by atoms with van der Waals surface area (Å²) < 4.78 is 12.1. The summed E-state index contributed by atoms with van der Waals surface area (Å²) in [4.78, 5) is 1.60. The van der Waals surface area contributed by atoms with Crippen LogP contribution in [0.5, 0.6) is 11.5 Å². The highest BCUT2D eigenvalue weighted by Gasteiger charge is 2.30. The second-order valence-corrected chi connectivity index (χ2v) is 7.73. The van der Waals surface area contributed by atoms with Gasteiger partial charge in [0.1, 0.15) is 12.6 Å². The molecule has 1 aliphatic rings. The van der Waals surface area contributed by atoms with E-state index in [1.54, 1.807) is 4.90 Å². The van der Waals surface area contributed by atoms with Crippen LogP contribution in [0.3, 0.4) is 0 Å². The van der Waals surface area contributed by atoms with Gasteiger partial charge in [-0.3, -0.25) is 0 Å². The molecule has 1 unspecified atom stereocenters. The van der Waals surface area contributed by atoms with Crippen LogP contribution in [0.25, 0.3) is 0 Å². The monoisotopic (exact) mass is 354 g/mol. The Morgan fingerprint density at radius 1 is 1.08 bits per heavy atom. The van der Waals surface area contributed by atoms with Crippen LogP contribution in [0.15, 0.2) is 42.5 Å². The molecule has 2 aromatic carbocycles. The lowest BCUT2D eigenvalue weighted by atomic mass is 9.87. The van der Waals surface area contributed by atoms with Crippen molar-refractivity contribution in [2.75, 3.05) is 20.2 Å². The first-order valence-corrected chi connectivity index (χ1v) is 9.87. The lowest BCUT2D eigenvalue weighted by Crippen LogP contribution is -3.10. The molecule has 0 aliphatic carbocycles. The third-order valence-electron chi connectivity index (χ3n) is 5.21. The molecule has 0 bridgehead atoms. The van der Waals surface area contributed by atoms with Crippen LogP contribution in [0.2, 0.25) is 0 Å². The van der Waals surface area contributed by atoms with E-state index in [9.17, 15) is 0 Å². The number of benzene rings is 2. The van der Waals surface area contributed by atoms with Gasteiger partial charge >= 0.3 is 0 Å². The van der Waals surface area contributed by atoms with Gasteiger partial charge < -0.3 is 14.4 Å². The summed E-state index contributed by atoms with van der Waals surface area (Å²) in [5.74, 6) is 2.44. The minimum atomic E-state index is 0.543. The number of fused-ring (bicyclic) bond motifs is 1. The highest BCUT2D eigenvalue weighted by Crippen LogP contribution is 2.36. The Morgan fingerprint density at radius 2 is 1.81 bits per heavy atom. The zero-order chi connectivity index (χ0) is 18.5. The zero-order valence-corrected chi connectivity index (χ0v) is 16.5. The van der Waals surface area contributed by atoms with Crippen molar-refractivity contribution < 1.29 is 14.4 Å². The normalized spacial score (nSPS) is 19.3. The lowest BCUT2D eigenvalue weighted by molar-refractivity contribution is -0.915. The van der Waals surface area contributed by atoms with Gasteiger partial charge in [0.05, 0.1) is 20.2 Å². The van der Waals surface area contributed by atoms with Crippen LogP contribution in [-0.4, -0.2) is 20.2 Å². The third kappa shape index (κ3) is 4.39. The van der Waals surface area contributed by atoms with Gasteiger partial charge in [0.2, 0.25) is 0 Å². The summed E-state index contributed by atoms with van der Waals surface area (Å²) in [6.07, 6.45) is 2.30. The summed E-state index contributed by atoms with van der Waals surface area (Å²) in [5, 5.41) is 0. The molecule has 0 saturated carbocycles. The second-order valence-electron chi connectivity index (χ2n) is 7.73. The molecule has 1 aliphatic heterocycles. The standard InChI is InChI=1S/C23H31NO2/c1-5-25-23-15-20-19(11-12-24(4)21(20)13-17(2)3)14-22(23)26-16-18-9-7-6-8-10-18/h6-10,14-15,17,21H,5,11-13,16H2,1-4H3/p+1/t21-/m0/s1. The fourth-order valence-electron chi connectivity index (χ4n) is 3.85. The number of quaternary nitrogens is 1. The van der Waals surface area contributed by atoms with Gasteiger partial charge in [-0.05, 0) is 36.1 Å². The van der Waals surface area contributed by atoms with Gasteiger partial charge in [0.25, 0.3) is 0 Å². The summed E-state index contributed by atoms with van der Waals surface area (Å²) in [6.45, 7) is 9.04. The molecule has 26 heavy (non-hydrogen) atoms. The van der Waals surface area contributed by atoms with Crippen molar-refractivity contribution in [2.45, 2.75) is 46.3 Å². The van der Waals surface area contributed by atoms with Gasteiger partial charge in [0, 0.05) is 18.4 Å². The van der Waals surface area contributed by atoms with E-state index >= 15 is 0 Å². The summed E-state index contributed by atoms with van der Waals surface area (Å²) in [6, 6.07) is 15.3. The van der Waals surface area contributed by atoms with Crippen LogP contribution >= 0.6 is 0 Å². The van der Waals surface area contributed by atoms with Crippen LogP contribution in [0.4, 0.5) is 0 Å². The summed E-state index contributed by atoms with van der Waals surface area (Å²) >= 11 is 0. The maximum atomic E-state index is 6.15. The number of nitrogens with one attached hydrogen (secondary N) is 1. The Kier molecular flexibility index (Phi) is 6.20. The lowest BCUT2D eigenvalue weighted by Gasteiger charge is -2.33. The van der Waals surface area contributed by atoms with Crippen molar-refractivity contribution in [3.05, 3.63) is 59.2 Å². The van der Waals surface area contributed by atoms with Crippen molar-refractivity contribution in [1.29, 1.82) is 0 Å². The first-order valence-electron chi connectivity index (χ1n) is 9.87. The van der Waals surface area contributed by atoms with Crippen molar-refractivity contribution >= 4 is 0 Å². The van der Waals surface area contributed by atoms with Gasteiger partial charge in [-0.1, -0.05) is 44.2 Å². The first kappa shape index (κ1) is 18.8. The summed E-state index contributed by atoms with van der Waals surface area (Å²) in [7, 11) is 2.32. The van der Waals surface area contributed by atoms with Crippen molar-refractivity contribution in [3.63, 3.8) is 0 Å². The van der Waals surface area contributed by atoms with Gasteiger partial charge in [-0.15, -0.1) is 0 Å². The Balaban J connectivity index is 1.88. The third-order valence-corrected chi connectivity index (χ3v) is 5.21. The van der Waals surface area contributed by atoms with Gasteiger partial charge in [-0.2, -0.15) is 0 Å². The maximum Gasteiger partial charge on any atom is 0.161 e. The van der Waals surface area contributed by atoms with E-state index in [1.165, 1.54) is 29.7 Å². The average Bonchev–Trinajstić information content (AvgIpc) is 2.63. The van der Waals surface area contributed by atoms with E-state index in [0.717, 1.165) is 17.9 Å². The number of rotatable bonds is 7. The van der Waals surface area contributed by atoms with E-state index in [-0.39, 0.29) is 0 Å².